The number of aliphatic hydroxyl groups excluding tert-OH is 1. The molecule has 1 aromatic heterocycles. The summed E-state index contributed by atoms with van der Waals surface area (Å²) in [6.07, 6.45) is 1.59. The van der Waals surface area contributed by atoms with Crippen LogP contribution in [0.4, 0.5) is 18.9 Å². The van der Waals surface area contributed by atoms with Crippen molar-refractivity contribution < 1.29 is 26.7 Å². The zero-order chi connectivity index (χ0) is 23.2. The summed E-state index contributed by atoms with van der Waals surface area (Å²) in [5, 5.41) is 15.5. The van der Waals surface area contributed by atoms with Crippen molar-refractivity contribution in [2.24, 2.45) is 0 Å². The molecule has 2 unspecified atom stereocenters. The molecule has 6 nitrogen and oxygen atoms in total. The molecule has 168 valence electrons. The van der Waals surface area contributed by atoms with E-state index < -0.39 is 33.4 Å². The van der Waals surface area contributed by atoms with Crippen LogP contribution < -0.4 is 4.72 Å². The van der Waals surface area contributed by atoms with Crippen molar-refractivity contribution >= 4 is 26.6 Å². The summed E-state index contributed by atoms with van der Waals surface area (Å²) >= 11 is 0. The Labute approximate surface area is 178 Å². The fourth-order valence-corrected chi connectivity index (χ4v) is 4.50. The molecule has 0 aliphatic heterocycles. The van der Waals surface area contributed by atoms with Crippen LogP contribution in [0.5, 0.6) is 0 Å². The molecule has 1 heterocycles. The van der Waals surface area contributed by atoms with Gasteiger partial charge in [-0.05, 0) is 31.0 Å². The third kappa shape index (κ3) is 4.27. The fraction of sp³-hybridized carbons (Fsp3) is 0.381. The Bertz CT molecular complexity index is 1200. The molecule has 0 fully saturated rings. The van der Waals surface area contributed by atoms with Gasteiger partial charge in [0.2, 0.25) is 10.0 Å². The summed E-state index contributed by atoms with van der Waals surface area (Å²) in [7, 11) is -3.68. The summed E-state index contributed by atoms with van der Waals surface area (Å²) in [6, 6.07) is 7.79. The number of anilines is 1. The highest BCUT2D eigenvalue weighted by Crippen LogP contribution is 2.39. The predicted octanol–water partition coefficient (Wildman–Crippen LogP) is 4.19. The van der Waals surface area contributed by atoms with Crippen molar-refractivity contribution in [2.45, 2.75) is 44.8 Å². The van der Waals surface area contributed by atoms with Gasteiger partial charge in [0.05, 0.1) is 29.8 Å². The first-order chi connectivity index (χ1) is 14.3. The Hall–Kier alpha value is -2.59. The average molecular weight is 456 g/mol. The van der Waals surface area contributed by atoms with E-state index >= 15 is 0 Å². The first kappa shape index (κ1) is 23.1. The number of benzene rings is 2. The van der Waals surface area contributed by atoms with E-state index in [-0.39, 0.29) is 16.8 Å². The van der Waals surface area contributed by atoms with Crippen LogP contribution in [-0.4, -0.2) is 35.7 Å². The molecule has 2 atom stereocenters. The van der Waals surface area contributed by atoms with E-state index in [1.54, 1.807) is 6.92 Å². The number of hydrogen-bond donors (Lipinski definition) is 2. The maximum atomic E-state index is 14.4. The molecule has 3 rings (SSSR count). The van der Waals surface area contributed by atoms with Crippen LogP contribution in [0.3, 0.4) is 0 Å². The predicted molar refractivity (Wildman–Crippen MR) is 113 cm³/mol. The highest BCUT2D eigenvalue weighted by Gasteiger charge is 2.40. The lowest BCUT2D eigenvalue weighted by Crippen LogP contribution is -2.45. The number of halogens is 3. The van der Waals surface area contributed by atoms with Crippen LogP contribution in [0.25, 0.3) is 10.9 Å². The molecular formula is C21H24F3N3O3S. The van der Waals surface area contributed by atoms with Crippen LogP contribution in [0.2, 0.25) is 0 Å². The first-order valence-electron chi connectivity index (χ1n) is 9.62. The van der Waals surface area contributed by atoms with Gasteiger partial charge in [0, 0.05) is 17.9 Å². The Morgan fingerprint density at radius 2 is 1.77 bits per heavy atom. The second-order valence-corrected chi connectivity index (χ2v) is 9.48. The zero-order valence-electron chi connectivity index (χ0n) is 17.5. The van der Waals surface area contributed by atoms with Gasteiger partial charge in [-0.2, -0.15) is 5.10 Å². The van der Waals surface area contributed by atoms with Crippen molar-refractivity contribution in [3.05, 3.63) is 59.5 Å². The van der Waals surface area contributed by atoms with Crippen molar-refractivity contribution in [1.29, 1.82) is 0 Å². The molecule has 2 N–H and O–H groups in total. The Morgan fingerprint density at radius 3 is 2.26 bits per heavy atom. The number of sulfonamides is 1. The van der Waals surface area contributed by atoms with E-state index in [0.29, 0.717) is 17.4 Å². The molecule has 0 radical (unpaired) electrons. The van der Waals surface area contributed by atoms with E-state index in [1.165, 1.54) is 48.1 Å². The van der Waals surface area contributed by atoms with Crippen molar-refractivity contribution in [3.8, 4) is 0 Å². The van der Waals surface area contributed by atoms with Gasteiger partial charge >= 0.3 is 0 Å². The summed E-state index contributed by atoms with van der Waals surface area (Å²) < 4.78 is 68.8. The number of nitrogens with one attached hydrogen (secondary N) is 1. The van der Waals surface area contributed by atoms with Gasteiger partial charge in [0.25, 0.3) is 5.92 Å². The van der Waals surface area contributed by atoms with Gasteiger partial charge < -0.3 is 5.11 Å². The molecule has 31 heavy (non-hydrogen) atoms. The topological polar surface area (TPSA) is 84.2 Å². The second kappa shape index (κ2) is 7.83. The molecule has 0 aliphatic carbocycles. The third-order valence-electron chi connectivity index (χ3n) is 5.45. The Morgan fingerprint density at radius 1 is 1.19 bits per heavy atom. The molecule has 0 bridgehead atoms. The highest BCUT2D eigenvalue weighted by atomic mass is 32.2. The van der Waals surface area contributed by atoms with Crippen molar-refractivity contribution in [1.82, 2.24) is 9.78 Å². The number of hydrogen-bond acceptors (Lipinski definition) is 4. The molecule has 3 aromatic rings. The minimum Gasteiger partial charge on any atom is -0.391 e. The number of aromatic nitrogens is 2. The lowest BCUT2D eigenvalue weighted by Gasteiger charge is -2.37. The number of nitrogens with zero attached hydrogens (tertiary/aromatic N) is 2. The quantitative estimate of drug-likeness (QED) is 0.560. The molecular weight excluding hydrogens is 431 g/mol. The number of aliphatic hydroxyl groups is 1. The van der Waals surface area contributed by atoms with E-state index in [2.05, 4.69) is 9.82 Å². The SMILES string of the molecule is CCC(c1ccc(C(C)(F)F)cc1)(C(C)O)n1ncc2c(NS(C)(=O)=O)cc(F)cc21. The van der Waals surface area contributed by atoms with Crippen LogP contribution in [0.1, 0.15) is 38.3 Å². The number of alkyl halides is 2. The van der Waals surface area contributed by atoms with Gasteiger partial charge in [-0.15, -0.1) is 0 Å². The van der Waals surface area contributed by atoms with Crippen LogP contribution in [0.15, 0.2) is 42.6 Å². The molecule has 10 heteroatoms. The van der Waals surface area contributed by atoms with E-state index in [9.17, 15) is 26.7 Å². The fourth-order valence-electron chi connectivity index (χ4n) is 3.94. The van der Waals surface area contributed by atoms with Crippen LogP contribution in [-0.2, 0) is 21.5 Å². The zero-order valence-corrected chi connectivity index (χ0v) is 18.3. The lowest BCUT2D eigenvalue weighted by molar-refractivity contribution is 0.0173. The van der Waals surface area contributed by atoms with Gasteiger partial charge in [0.1, 0.15) is 11.4 Å². The molecule has 0 spiro atoms. The van der Waals surface area contributed by atoms with Crippen molar-refractivity contribution in [3.63, 3.8) is 0 Å². The normalized spacial score (nSPS) is 15.6. The summed E-state index contributed by atoms with van der Waals surface area (Å²) in [6.45, 7) is 4.12. The van der Waals surface area contributed by atoms with Gasteiger partial charge in [0.15, 0.2) is 0 Å². The largest absolute Gasteiger partial charge is 0.391 e. The number of fused-ring (bicyclic) bond motifs is 1. The standard InChI is InChI=1S/C21H24F3N3O3S/c1-5-21(13(2)28,15-8-6-14(7-9-15)20(3,23)24)27-19-11-16(22)10-18(17(19)12-25-27)26-31(4,29)30/h6-13,26,28H,5H2,1-4H3. The summed E-state index contributed by atoms with van der Waals surface area (Å²) in [5.74, 6) is -3.72. The maximum Gasteiger partial charge on any atom is 0.270 e. The van der Waals surface area contributed by atoms with Crippen molar-refractivity contribution in [2.75, 3.05) is 11.0 Å². The van der Waals surface area contributed by atoms with Gasteiger partial charge in [-0.1, -0.05) is 31.2 Å². The van der Waals surface area contributed by atoms with Gasteiger partial charge in [-0.25, -0.2) is 21.6 Å². The second-order valence-electron chi connectivity index (χ2n) is 7.74. The highest BCUT2D eigenvalue weighted by molar-refractivity contribution is 7.92. The van der Waals surface area contributed by atoms with E-state index in [1.807, 2.05) is 0 Å². The van der Waals surface area contributed by atoms with Crippen LogP contribution >= 0.6 is 0 Å². The molecule has 0 saturated heterocycles. The third-order valence-corrected chi connectivity index (χ3v) is 6.04. The van der Waals surface area contributed by atoms with Crippen LogP contribution in [0, 0.1) is 5.82 Å². The minimum atomic E-state index is -3.68. The smallest absolute Gasteiger partial charge is 0.270 e. The molecule has 0 amide bonds. The monoisotopic (exact) mass is 455 g/mol. The number of rotatable bonds is 7. The Kier molecular flexibility index (Phi) is 5.83. The molecule has 2 aromatic carbocycles. The Balaban J connectivity index is 2.27. The lowest BCUT2D eigenvalue weighted by atomic mass is 9.82. The maximum absolute atomic E-state index is 14.4. The average Bonchev–Trinajstić information content (AvgIpc) is 3.05. The van der Waals surface area contributed by atoms with E-state index in [4.69, 9.17) is 0 Å². The molecule has 0 saturated carbocycles. The minimum absolute atomic E-state index is 0.0142. The summed E-state index contributed by atoms with van der Waals surface area (Å²) in [4.78, 5) is 0. The molecule has 0 aliphatic rings. The first-order valence-corrected chi connectivity index (χ1v) is 11.5. The summed E-state index contributed by atoms with van der Waals surface area (Å²) in [5.41, 5.74) is -0.619. The van der Waals surface area contributed by atoms with Gasteiger partial charge in [-0.3, -0.25) is 9.40 Å². The van der Waals surface area contributed by atoms with E-state index in [0.717, 1.165) is 19.2 Å².